The second-order valence-corrected chi connectivity index (χ2v) is 7.48. The molecule has 1 saturated carbocycles. The number of nitrogens with two attached hydrogens (primary N) is 1. The number of carbonyl (C=O) groups is 1. The summed E-state index contributed by atoms with van der Waals surface area (Å²) in [7, 11) is 0. The highest BCUT2D eigenvalue weighted by molar-refractivity contribution is 5.95. The van der Waals surface area contributed by atoms with Crippen molar-refractivity contribution in [2.24, 2.45) is 5.73 Å². The summed E-state index contributed by atoms with van der Waals surface area (Å²) in [5, 5.41) is 9.90. The van der Waals surface area contributed by atoms with Gasteiger partial charge in [-0.3, -0.25) is 9.97 Å². The Kier molecular flexibility index (Phi) is 3.45. The molecule has 0 amide bonds. The molecule has 0 radical (unpaired) electrons. The Bertz CT molecular complexity index is 1050. The number of fused-ring (bicyclic) bond motifs is 3. The van der Waals surface area contributed by atoms with Crippen molar-refractivity contribution in [2.75, 3.05) is 6.54 Å². The van der Waals surface area contributed by atoms with Crippen molar-refractivity contribution in [1.29, 1.82) is 0 Å². The molecule has 0 atom stereocenters. The van der Waals surface area contributed by atoms with E-state index in [4.69, 9.17) is 5.73 Å². The number of H-pyrrole nitrogens is 1. The molecule has 3 heterocycles. The number of nitrogens with zero attached hydrogens (tertiary/aromatic N) is 2. The minimum absolute atomic E-state index is 0.202. The molecule has 1 fully saturated rings. The van der Waals surface area contributed by atoms with E-state index in [1.165, 1.54) is 0 Å². The topological polar surface area (TPSA) is 105 Å². The van der Waals surface area contributed by atoms with Crippen LogP contribution in [0.15, 0.2) is 36.8 Å². The number of carboxylic acid groups (broad SMARTS) is 1. The molecule has 4 N–H and O–H groups in total. The van der Waals surface area contributed by atoms with E-state index in [-0.39, 0.29) is 5.41 Å². The van der Waals surface area contributed by atoms with Crippen LogP contribution in [0, 0.1) is 0 Å². The van der Waals surface area contributed by atoms with Crippen LogP contribution in [0.1, 0.15) is 40.0 Å². The summed E-state index contributed by atoms with van der Waals surface area (Å²) in [5.41, 5.74) is 12.9. The number of carboxylic acids is 1. The zero-order chi connectivity index (χ0) is 18.6. The zero-order valence-corrected chi connectivity index (χ0v) is 14.8. The van der Waals surface area contributed by atoms with Gasteiger partial charge >= 0.3 is 5.97 Å². The van der Waals surface area contributed by atoms with Crippen molar-refractivity contribution in [3.05, 3.63) is 59.2 Å². The number of hydrogen-bond donors (Lipinski definition) is 3. The molecule has 5 rings (SSSR count). The van der Waals surface area contributed by atoms with Crippen LogP contribution in [-0.4, -0.2) is 32.6 Å². The SMILES string of the molecule is NCC1(c2[nH]c3c(c2C(=O)O)CCc2cnc(-c4ccncc4)cc2-3)CC1. The van der Waals surface area contributed by atoms with Gasteiger partial charge in [0.05, 0.1) is 17.0 Å². The van der Waals surface area contributed by atoms with Gasteiger partial charge in [0.1, 0.15) is 0 Å². The molecule has 6 nitrogen and oxygen atoms in total. The van der Waals surface area contributed by atoms with Crippen molar-refractivity contribution in [1.82, 2.24) is 15.0 Å². The summed E-state index contributed by atoms with van der Waals surface area (Å²) in [6.07, 6.45) is 8.77. The predicted octanol–water partition coefficient (Wildman–Crippen LogP) is 2.93. The Morgan fingerprint density at radius 1 is 1.26 bits per heavy atom. The third-order valence-corrected chi connectivity index (χ3v) is 5.97. The molecule has 0 spiro atoms. The molecule has 0 unspecified atom stereocenters. The fraction of sp³-hybridized carbons (Fsp3) is 0.286. The number of aromatic carboxylic acids is 1. The summed E-state index contributed by atoms with van der Waals surface area (Å²) in [5.74, 6) is -0.867. The minimum Gasteiger partial charge on any atom is -0.478 e. The molecular weight excluding hydrogens is 340 g/mol. The molecule has 0 saturated heterocycles. The summed E-state index contributed by atoms with van der Waals surface area (Å²) >= 11 is 0. The highest BCUT2D eigenvalue weighted by Crippen LogP contribution is 2.51. The van der Waals surface area contributed by atoms with Crippen molar-refractivity contribution < 1.29 is 9.90 Å². The van der Waals surface area contributed by atoms with Crippen molar-refractivity contribution >= 4 is 5.97 Å². The monoisotopic (exact) mass is 360 g/mol. The first kappa shape index (κ1) is 16.2. The van der Waals surface area contributed by atoms with Gasteiger partial charge < -0.3 is 15.8 Å². The standard InChI is InChI=1S/C21H20N4O2/c22-11-21(5-6-21)19-17(20(26)27)14-2-1-13-10-24-16(9-15(13)18(14)25-19)12-3-7-23-8-4-12/h3-4,7-10,25H,1-2,5-6,11,22H2,(H,26,27). The molecule has 2 aliphatic carbocycles. The molecule has 0 bridgehead atoms. The van der Waals surface area contributed by atoms with Gasteiger partial charge in [0.25, 0.3) is 0 Å². The van der Waals surface area contributed by atoms with E-state index in [0.29, 0.717) is 18.5 Å². The lowest BCUT2D eigenvalue weighted by Gasteiger charge is -2.17. The minimum atomic E-state index is -0.867. The van der Waals surface area contributed by atoms with E-state index < -0.39 is 5.97 Å². The number of aromatic amines is 1. The second-order valence-electron chi connectivity index (χ2n) is 7.48. The van der Waals surface area contributed by atoms with Gasteiger partial charge in [0, 0.05) is 47.4 Å². The van der Waals surface area contributed by atoms with Gasteiger partial charge in [0.2, 0.25) is 0 Å². The number of nitrogens with one attached hydrogen (secondary N) is 1. The Hall–Kier alpha value is -2.99. The maximum atomic E-state index is 12.1. The molecular formula is C21H20N4O2. The lowest BCUT2D eigenvalue weighted by atomic mass is 9.87. The smallest absolute Gasteiger partial charge is 0.337 e. The number of hydrogen-bond acceptors (Lipinski definition) is 4. The van der Waals surface area contributed by atoms with Gasteiger partial charge in [-0.25, -0.2) is 4.79 Å². The van der Waals surface area contributed by atoms with Gasteiger partial charge in [-0.05, 0) is 55.0 Å². The van der Waals surface area contributed by atoms with E-state index in [1.807, 2.05) is 18.3 Å². The first-order valence-corrected chi connectivity index (χ1v) is 9.21. The third kappa shape index (κ3) is 2.40. The van der Waals surface area contributed by atoms with Crippen LogP contribution in [0.2, 0.25) is 0 Å². The molecule has 0 aliphatic heterocycles. The van der Waals surface area contributed by atoms with Crippen LogP contribution in [-0.2, 0) is 18.3 Å². The largest absolute Gasteiger partial charge is 0.478 e. The molecule has 0 aromatic carbocycles. The van der Waals surface area contributed by atoms with Crippen LogP contribution >= 0.6 is 0 Å². The van der Waals surface area contributed by atoms with Crippen LogP contribution in [0.3, 0.4) is 0 Å². The molecule has 3 aromatic heterocycles. The maximum Gasteiger partial charge on any atom is 0.337 e. The third-order valence-electron chi connectivity index (χ3n) is 5.97. The normalized spacial score (nSPS) is 16.5. The first-order chi connectivity index (χ1) is 13.1. The quantitative estimate of drug-likeness (QED) is 0.663. The number of rotatable bonds is 4. The summed E-state index contributed by atoms with van der Waals surface area (Å²) in [6.45, 7) is 0.470. The van der Waals surface area contributed by atoms with E-state index in [9.17, 15) is 9.90 Å². The lowest BCUT2D eigenvalue weighted by Crippen LogP contribution is -2.23. The fourth-order valence-corrected chi connectivity index (χ4v) is 4.22. The molecule has 6 heteroatoms. The number of aryl methyl sites for hydroxylation is 1. The molecule has 136 valence electrons. The van der Waals surface area contributed by atoms with Gasteiger partial charge in [-0.1, -0.05) is 0 Å². The van der Waals surface area contributed by atoms with E-state index in [1.54, 1.807) is 12.4 Å². The maximum absolute atomic E-state index is 12.1. The van der Waals surface area contributed by atoms with Crippen molar-refractivity contribution in [3.63, 3.8) is 0 Å². The zero-order valence-electron chi connectivity index (χ0n) is 14.8. The van der Waals surface area contributed by atoms with Gasteiger partial charge in [0.15, 0.2) is 0 Å². The van der Waals surface area contributed by atoms with Crippen LogP contribution in [0.5, 0.6) is 0 Å². The first-order valence-electron chi connectivity index (χ1n) is 9.21. The van der Waals surface area contributed by atoms with Crippen molar-refractivity contribution in [2.45, 2.75) is 31.1 Å². The van der Waals surface area contributed by atoms with E-state index in [2.05, 4.69) is 21.0 Å². The Morgan fingerprint density at radius 2 is 2.04 bits per heavy atom. The Balaban J connectivity index is 1.70. The average Bonchev–Trinajstić information content (AvgIpc) is 3.40. The Labute approximate surface area is 156 Å². The van der Waals surface area contributed by atoms with Gasteiger partial charge in [-0.2, -0.15) is 0 Å². The summed E-state index contributed by atoms with van der Waals surface area (Å²) < 4.78 is 0. The molecule has 2 aliphatic rings. The summed E-state index contributed by atoms with van der Waals surface area (Å²) in [4.78, 5) is 24.2. The summed E-state index contributed by atoms with van der Waals surface area (Å²) in [6, 6.07) is 5.90. The second kappa shape index (κ2) is 5.76. The lowest BCUT2D eigenvalue weighted by molar-refractivity contribution is 0.0694. The average molecular weight is 360 g/mol. The number of aromatic nitrogens is 3. The fourth-order valence-electron chi connectivity index (χ4n) is 4.22. The number of pyridine rings is 2. The van der Waals surface area contributed by atoms with E-state index in [0.717, 1.165) is 58.6 Å². The van der Waals surface area contributed by atoms with Gasteiger partial charge in [-0.15, -0.1) is 0 Å². The predicted molar refractivity (Wildman–Crippen MR) is 102 cm³/mol. The van der Waals surface area contributed by atoms with Crippen LogP contribution in [0.25, 0.3) is 22.5 Å². The Morgan fingerprint density at radius 3 is 2.70 bits per heavy atom. The van der Waals surface area contributed by atoms with E-state index >= 15 is 0 Å². The van der Waals surface area contributed by atoms with Crippen molar-refractivity contribution in [3.8, 4) is 22.5 Å². The highest BCUT2D eigenvalue weighted by Gasteiger charge is 2.48. The van der Waals surface area contributed by atoms with Crippen LogP contribution < -0.4 is 5.73 Å². The molecule has 27 heavy (non-hydrogen) atoms. The van der Waals surface area contributed by atoms with Crippen LogP contribution in [0.4, 0.5) is 0 Å². The molecule has 3 aromatic rings. The highest BCUT2D eigenvalue weighted by atomic mass is 16.4.